The van der Waals surface area contributed by atoms with Crippen molar-refractivity contribution in [1.82, 2.24) is 0 Å². The molecule has 2 heteroatoms. The van der Waals surface area contributed by atoms with Crippen LogP contribution in [0, 0.1) is 0 Å². The van der Waals surface area contributed by atoms with E-state index in [1.165, 1.54) is 6.08 Å². The minimum absolute atomic E-state index is 0.257. The molecule has 0 saturated heterocycles. The molecule has 0 aromatic rings. The first-order valence-electron chi connectivity index (χ1n) is 4.24. The Bertz CT molecular complexity index is 190. The van der Waals surface area contributed by atoms with Crippen LogP contribution in [0.25, 0.3) is 0 Å². The van der Waals surface area contributed by atoms with Gasteiger partial charge in [-0.3, -0.25) is 0 Å². The van der Waals surface area contributed by atoms with E-state index in [0.29, 0.717) is 6.61 Å². The van der Waals surface area contributed by atoms with Gasteiger partial charge in [0.1, 0.15) is 0 Å². The van der Waals surface area contributed by atoms with Crippen molar-refractivity contribution in [3.05, 3.63) is 23.8 Å². The first kappa shape index (κ1) is 11.0. The normalized spacial score (nSPS) is 12.1. The van der Waals surface area contributed by atoms with E-state index < -0.39 is 0 Å². The van der Waals surface area contributed by atoms with Crippen LogP contribution in [0.15, 0.2) is 23.8 Å². The molecule has 0 aromatic carbocycles. The molecule has 0 aliphatic carbocycles. The molecule has 0 aliphatic rings. The van der Waals surface area contributed by atoms with E-state index in [4.69, 9.17) is 4.74 Å². The van der Waals surface area contributed by atoms with Crippen LogP contribution >= 0.6 is 0 Å². The smallest absolute Gasteiger partial charge is 0.331 e. The monoisotopic (exact) mass is 168 g/mol. The Labute approximate surface area is 73.9 Å². The third-order valence-electron chi connectivity index (χ3n) is 1.38. The Hall–Kier alpha value is -1.05. The van der Waals surface area contributed by atoms with Crippen LogP contribution in [0.5, 0.6) is 0 Å². The van der Waals surface area contributed by atoms with E-state index in [9.17, 15) is 4.79 Å². The number of carbonyl (C=O) groups is 1. The van der Waals surface area contributed by atoms with E-state index in [1.807, 2.05) is 26.0 Å². The molecule has 0 bridgehead atoms. The van der Waals surface area contributed by atoms with Gasteiger partial charge in [-0.25, -0.2) is 4.79 Å². The van der Waals surface area contributed by atoms with Crippen molar-refractivity contribution >= 4 is 5.97 Å². The summed E-state index contributed by atoms with van der Waals surface area (Å²) in [5, 5.41) is 0. The van der Waals surface area contributed by atoms with Crippen molar-refractivity contribution in [3.63, 3.8) is 0 Å². The predicted octanol–water partition coefficient (Wildman–Crippen LogP) is 2.46. The molecular formula is C10H16O2. The Balaban J connectivity index is 4.17. The van der Waals surface area contributed by atoms with Crippen molar-refractivity contribution in [2.75, 3.05) is 6.61 Å². The maximum absolute atomic E-state index is 11.0. The third-order valence-corrected chi connectivity index (χ3v) is 1.38. The van der Waals surface area contributed by atoms with Gasteiger partial charge in [0.05, 0.1) is 6.61 Å². The fourth-order valence-electron chi connectivity index (χ4n) is 0.817. The molecule has 12 heavy (non-hydrogen) atoms. The summed E-state index contributed by atoms with van der Waals surface area (Å²) in [5.41, 5.74) is 0.996. The molecule has 0 radical (unpaired) electrons. The van der Waals surface area contributed by atoms with Gasteiger partial charge in [-0.2, -0.15) is 0 Å². The molecule has 0 amide bonds. The fraction of sp³-hybridized carbons (Fsp3) is 0.500. The highest BCUT2D eigenvalue weighted by atomic mass is 16.5. The number of esters is 1. The second-order valence-electron chi connectivity index (χ2n) is 2.32. The van der Waals surface area contributed by atoms with Gasteiger partial charge in [0, 0.05) is 6.08 Å². The Morgan fingerprint density at radius 3 is 2.50 bits per heavy atom. The molecule has 0 N–H and O–H groups in total. The lowest BCUT2D eigenvalue weighted by atomic mass is 10.2. The van der Waals surface area contributed by atoms with Crippen molar-refractivity contribution in [2.24, 2.45) is 0 Å². The van der Waals surface area contributed by atoms with Crippen molar-refractivity contribution < 1.29 is 9.53 Å². The second-order valence-corrected chi connectivity index (χ2v) is 2.32. The summed E-state index contributed by atoms with van der Waals surface area (Å²) >= 11 is 0. The van der Waals surface area contributed by atoms with Gasteiger partial charge >= 0.3 is 5.97 Å². The maximum atomic E-state index is 11.0. The highest BCUT2D eigenvalue weighted by Gasteiger charge is 1.96. The average molecular weight is 168 g/mol. The van der Waals surface area contributed by atoms with Crippen LogP contribution in [0.1, 0.15) is 27.2 Å². The van der Waals surface area contributed by atoms with Crippen LogP contribution in [-0.4, -0.2) is 12.6 Å². The first-order chi connectivity index (χ1) is 5.74. The molecule has 0 unspecified atom stereocenters. The van der Waals surface area contributed by atoms with Crippen LogP contribution in [0.2, 0.25) is 0 Å². The average Bonchev–Trinajstić information content (AvgIpc) is 2.04. The topological polar surface area (TPSA) is 26.3 Å². The summed E-state index contributed by atoms with van der Waals surface area (Å²) in [5.74, 6) is -0.257. The molecule has 0 heterocycles. The van der Waals surface area contributed by atoms with Gasteiger partial charge in [-0.1, -0.05) is 19.1 Å². The molecule has 0 fully saturated rings. The van der Waals surface area contributed by atoms with Crippen molar-refractivity contribution in [1.29, 1.82) is 0 Å². The summed E-state index contributed by atoms with van der Waals surface area (Å²) in [6.45, 7) is 6.16. The third kappa shape index (κ3) is 4.72. The number of rotatable bonds is 4. The Kier molecular flexibility index (Phi) is 6.07. The largest absolute Gasteiger partial charge is 0.463 e. The SMILES string of the molecule is C/C=C\C(=C\C(=O)OCC)CC. The molecule has 68 valence electrons. The molecule has 0 spiro atoms. The zero-order valence-corrected chi connectivity index (χ0v) is 7.96. The highest BCUT2D eigenvalue weighted by Crippen LogP contribution is 2.02. The van der Waals surface area contributed by atoms with Gasteiger partial charge in [0.25, 0.3) is 0 Å². The van der Waals surface area contributed by atoms with Crippen LogP contribution < -0.4 is 0 Å². The zero-order valence-electron chi connectivity index (χ0n) is 7.96. The van der Waals surface area contributed by atoms with Gasteiger partial charge in [0.2, 0.25) is 0 Å². The van der Waals surface area contributed by atoms with Crippen LogP contribution in [-0.2, 0) is 9.53 Å². The number of hydrogen-bond acceptors (Lipinski definition) is 2. The standard InChI is InChI=1S/C10H16O2/c1-4-7-9(5-2)8-10(11)12-6-3/h4,7-8H,5-6H2,1-3H3/b7-4-,9-8+. The van der Waals surface area contributed by atoms with Crippen LogP contribution in [0.4, 0.5) is 0 Å². The lowest BCUT2D eigenvalue weighted by Crippen LogP contribution is -2.00. The number of carbonyl (C=O) groups excluding carboxylic acids is 1. The van der Waals surface area contributed by atoms with Crippen LogP contribution in [0.3, 0.4) is 0 Å². The molecule has 0 aromatic heterocycles. The zero-order chi connectivity index (χ0) is 9.40. The number of hydrogen-bond donors (Lipinski definition) is 0. The Morgan fingerprint density at radius 1 is 1.42 bits per heavy atom. The summed E-state index contributed by atoms with van der Waals surface area (Å²) in [7, 11) is 0. The summed E-state index contributed by atoms with van der Waals surface area (Å²) in [6.07, 6.45) is 6.21. The van der Waals surface area contributed by atoms with E-state index in [-0.39, 0.29) is 5.97 Å². The highest BCUT2D eigenvalue weighted by molar-refractivity contribution is 5.83. The van der Waals surface area contributed by atoms with E-state index >= 15 is 0 Å². The predicted molar refractivity (Wildman–Crippen MR) is 49.8 cm³/mol. The molecular weight excluding hydrogens is 152 g/mol. The quantitative estimate of drug-likeness (QED) is 0.366. The van der Waals surface area contributed by atoms with Gasteiger partial charge in [0.15, 0.2) is 0 Å². The van der Waals surface area contributed by atoms with E-state index in [1.54, 1.807) is 6.92 Å². The molecule has 0 rings (SSSR count). The lowest BCUT2D eigenvalue weighted by molar-refractivity contribution is -0.137. The molecule has 0 saturated carbocycles. The Morgan fingerprint density at radius 2 is 2.08 bits per heavy atom. The minimum Gasteiger partial charge on any atom is -0.463 e. The minimum atomic E-state index is -0.257. The van der Waals surface area contributed by atoms with Gasteiger partial charge < -0.3 is 4.74 Å². The lowest BCUT2D eigenvalue weighted by Gasteiger charge is -1.98. The second kappa shape index (κ2) is 6.65. The molecule has 0 aliphatic heterocycles. The maximum Gasteiger partial charge on any atom is 0.331 e. The van der Waals surface area contributed by atoms with Gasteiger partial charge in [-0.05, 0) is 25.8 Å². The molecule has 2 nitrogen and oxygen atoms in total. The summed E-state index contributed by atoms with van der Waals surface area (Å²) in [4.78, 5) is 11.0. The molecule has 0 atom stereocenters. The van der Waals surface area contributed by atoms with Gasteiger partial charge in [-0.15, -0.1) is 0 Å². The number of ether oxygens (including phenoxy) is 1. The van der Waals surface area contributed by atoms with Crippen molar-refractivity contribution in [3.8, 4) is 0 Å². The number of allylic oxidation sites excluding steroid dienone is 3. The summed E-state index contributed by atoms with van der Waals surface area (Å²) < 4.78 is 4.77. The van der Waals surface area contributed by atoms with E-state index in [0.717, 1.165) is 12.0 Å². The summed E-state index contributed by atoms with van der Waals surface area (Å²) in [6, 6.07) is 0. The first-order valence-corrected chi connectivity index (χ1v) is 4.24. The van der Waals surface area contributed by atoms with E-state index in [2.05, 4.69) is 0 Å². The van der Waals surface area contributed by atoms with Crippen molar-refractivity contribution in [2.45, 2.75) is 27.2 Å². The fourth-order valence-corrected chi connectivity index (χ4v) is 0.817.